The monoisotopic (exact) mass is 450 g/mol. The predicted octanol–water partition coefficient (Wildman–Crippen LogP) is 4.73. The van der Waals surface area contributed by atoms with Gasteiger partial charge in [0.15, 0.2) is 17.6 Å². The van der Waals surface area contributed by atoms with Gasteiger partial charge in [0.2, 0.25) is 5.91 Å². The van der Waals surface area contributed by atoms with Crippen LogP contribution in [0.3, 0.4) is 0 Å². The van der Waals surface area contributed by atoms with E-state index >= 15 is 0 Å². The zero-order chi connectivity index (χ0) is 22.3. The number of thiazole rings is 1. The zero-order valence-corrected chi connectivity index (χ0v) is 19.0. The first-order valence-corrected chi connectivity index (χ1v) is 11.5. The molecule has 7 heteroatoms. The molecule has 166 valence electrons. The predicted molar refractivity (Wildman–Crippen MR) is 125 cm³/mol. The maximum atomic E-state index is 12.7. The maximum Gasteiger partial charge on any atom is 0.246 e. The van der Waals surface area contributed by atoms with Crippen molar-refractivity contribution in [1.82, 2.24) is 9.88 Å². The minimum Gasteiger partial charge on any atom is -0.487 e. The van der Waals surface area contributed by atoms with Gasteiger partial charge < -0.3 is 19.1 Å². The molecule has 0 aliphatic carbocycles. The van der Waals surface area contributed by atoms with Crippen LogP contribution in [0.15, 0.2) is 60.0 Å². The Hall–Kier alpha value is -3.32. The summed E-state index contributed by atoms with van der Waals surface area (Å²) in [5.41, 5.74) is 1.86. The Morgan fingerprint density at radius 2 is 2.00 bits per heavy atom. The van der Waals surface area contributed by atoms with Gasteiger partial charge in [0, 0.05) is 18.0 Å². The molecule has 32 heavy (non-hydrogen) atoms. The van der Waals surface area contributed by atoms with Gasteiger partial charge in [-0.25, -0.2) is 4.98 Å². The third-order valence-corrected chi connectivity index (χ3v) is 5.86. The molecular weight excluding hydrogens is 424 g/mol. The van der Waals surface area contributed by atoms with Gasteiger partial charge in [-0.05, 0) is 49.8 Å². The van der Waals surface area contributed by atoms with Crippen molar-refractivity contribution < 1.29 is 19.0 Å². The lowest BCUT2D eigenvalue weighted by Gasteiger charge is -2.30. The van der Waals surface area contributed by atoms with Crippen molar-refractivity contribution in [2.45, 2.75) is 26.6 Å². The van der Waals surface area contributed by atoms with Crippen LogP contribution in [-0.2, 0) is 11.4 Å². The summed E-state index contributed by atoms with van der Waals surface area (Å²) in [6.07, 6.45) is 3.21. The molecular formula is C25H26N2O4S. The number of likely N-dealkylation sites (N-methyl/N-ethyl adjacent to an activating group) is 1. The fourth-order valence-corrected chi connectivity index (χ4v) is 3.95. The van der Waals surface area contributed by atoms with Gasteiger partial charge in [-0.15, -0.1) is 11.3 Å². The fourth-order valence-electron chi connectivity index (χ4n) is 3.35. The van der Waals surface area contributed by atoms with Crippen LogP contribution >= 0.6 is 11.3 Å². The molecule has 1 aliphatic rings. The first-order valence-electron chi connectivity index (χ1n) is 10.6. The number of para-hydroxylation sites is 2. The molecule has 3 aromatic rings. The van der Waals surface area contributed by atoms with Crippen molar-refractivity contribution in [3.8, 4) is 17.2 Å². The van der Waals surface area contributed by atoms with Gasteiger partial charge in [0.1, 0.15) is 19.0 Å². The summed E-state index contributed by atoms with van der Waals surface area (Å²) in [6.45, 7) is 5.86. The first kappa shape index (κ1) is 21.9. The number of aromatic nitrogens is 1. The highest BCUT2D eigenvalue weighted by molar-refractivity contribution is 7.09. The Labute approximate surface area is 192 Å². The summed E-state index contributed by atoms with van der Waals surface area (Å²) in [7, 11) is 0. The number of hydrogen-bond donors (Lipinski definition) is 0. The molecule has 0 spiro atoms. The van der Waals surface area contributed by atoms with Crippen molar-refractivity contribution in [3.05, 3.63) is 76.3 Å². The SMILES string of the molecule is CCN(CC1COc2ccccc2O1)C(=O)C=Cc1ccc(OCc2csc(C)n2)cc1. The molecule has 0 fully saturated rings. The minimum atomic E-state index is -0.194. The normalized spacial score (nSPS) is 15.0. The number of nitrogens with zero attached hydrogens (tertiary/aromatic N) is 2. The van der Waals surface area contributed by atoms with Gasteiger partial charge in [-0.2, -0.15) is 0 Å². The average Bonchev–Trinajstić information content (AvgIpc) is 3.25. The van der Waals surface area contributed by atoms with Gasteiger partial charge in [-0.3, -0.25) is 4.79 Å². The van der Waals surface area contributed by atoms with Crippen LogP contribution in [0.25, 0.3) is 6.08 Å². The lowest BCUT2D eigenvalue weighted by molar-refractivity contribution is -0.127. The second kappa shape index (κ2) is 10.3. The van der Waals surface area contributed by atoms with E-state index in [9.17, 15) is 4.79 Å². The third-order valence-electron chi connectivity index (χ3n) is 5.04. The van der Waals surface area contributed by atoms with E-state index < -0.39 is 0 Å². The number of rotatable bonds is 8. The van der Waals surface area contributed by atoms with Crippen molar-refractivity contribution in [3.63, 3.8) is 0 Å². The number of carbonyl (C=O) groups is 1. The largest absolute Gasteiger partial charge is 0.487 e. The second-order valence-corrected chi connectivity index (χ2v) is 8.49. The topological polar surface area (TPSA) is 60.9 Å². The summed E-state index contributed by atoms with van der Waals surface area (Å²) in [6, 6.07) is 15.2. The van der Waals surface area contributed by atoms with Crippen LogP contribution in [0, 0.1) is 6.92 Å². The van der Waals surface area contributed by atoms with Gasteiger partial charge in [0.05, 0.1) is 17.2 Å². The lowest BCUT2D eigenvalue weighted by atomic mass is 10.2. The molecule has 1 unspecified atom stereocenters. The van der Waals surface area contributed by atoms with Crippen molar-refractivity contribution in [2.24, 2.45) is 0 Å². The number of aryl methyl sites for hydroxylation is 1. The zero-order valence-electron chi connectivity index (χ0n) is 18.2. The van der Waals surface area contributed by atoms with E-state index in [1.54, 1.807) is 22.3 Å². The van der Waals surface area contributed by atoms with E-state index in [4.69, 9.17) is 14.2 Å². The Kier molecular flexibility index (Phi) is 7.07. The third kappa shape index (κ3) is 5.68. The average molecular weight is 451 g/mol. The highest BCUT2D eigenvalue weighted by atomic mass is 32.1. The molecule has 0 radical (unpaired) electrons. The molecule has 1 atom stereocenters. The molecule has 1 aliphatic heterocycles. The molecule has 6 nitrogen and oxygen atoms in total. The number of ether oxygens (including phenoxy) is 3. The Morgan fingerprint density at radius 1 is 1.22 bits per heavy atom. The van der Waals surface area contributed by atoms with Gasteiger partial charge in [-0.1, -0.05) is 24.3 Å². The molecule has 2 heterocycles. The number of carbonyl (C=O) groups excluding carboxylic acids is 1. The summed E-state index contributed by atoms with van der Waals surface area (Å²) in [5, 5.41) is 3.03. The maximum absolute atomic E-state index is 12.7. The number of amides is 1. The highest BCUT2D eigenvalue weighted by Gasteiger charge is 2.24. The van der Waals surface area contributed by atoms with E-state index in [0.717, 1.165) is 33.5 Å². The van der Waals surface area contributed by atoms with Crippen molar-refractivity contribution >= 4 is 23.3 Å². The Bertz CT molecular complexity index is 1080. The van der Waals surface area contributed by atoms with E-state index in [2.05, 4.69) is 4.98 Å². The number of fused-ring (bicyclic) bond motifs is 1. The van der Waals surface area contributed by atoms with Crippen LogP contribution in [0.2, 0.25) is 0 Å². The molecule has 0 saturated carbocycles. The van der Waals surface area contributed by atoms with Crippen molar-refractivity contribution in [2.75, 3.05) is 19.7 Å². The fraction of sp³-hybridized carbons (Fsp3) is 0.280. The van der Waals surface area contributed by atoms with E-state index in [0.29, 0.717) is 26.3 Å². The number of hydrogen-bond acceptors (Lipinski definition) is 6. The molecule has 0 N–H and O–H groups in total. The van der Waals surface area contributed by atoms with Crippen LogP contribution < -0.4 is 14.2 Å². The summed E-state index contributed by atoms with van der Waals surface area (Å²) >= 11 is 1.61. The molecule has 1 amide bonds. The van der Waals surface area contributed by atoms with E-state index in [1.165, 1.54) is 0 Å². The molecule has 1 aromatic heterocycles. The van der Waals surface area contributed by atoms with E-state index in [-0.39, 0.29) is 12.0 Å². The van der Waals surface area contributed by atoms with Crippen LogP contribution in [-0.4, -0.2) is 41.6 Å². The van der Waals surface area contributed by atoms with E-state index in [1.807, 2.05) is 73.8 Å². The first-order chi connectivity index (χ1) is 15.6. The second-order valence-electron chi connectivity index (χ2n) is 7.42. The van der Waals surface area contributed by atoms with Crippen LogP contribution in [0.1, 0.15) is 23.2 Å². The van der Waals surface area contributed by atoms with Crippen LogP contribution in [0.5, 0.6) is 17.2 Å². The van der Waals surface area contributed by atoms with Crippen molar-refractivity contribution in [1.29, 1.82) is 0 Å². The minimum absolute atomic E-state index is 0.0609. The summed E-state index contributed by atoms with van der Waals surface area (Å²) in [4.78, 5) is 18.9. The Balaban J connectivity index is 1.29. The standard InChI is InChI=1S/C25H26N2O4S/c1-3-27(14-22-16-30-23-6-4-5-7-24(23)31-22)25(28)13-10-19-8-11-21(12-9-19)29-15-20-17-32-18(2)26-20/h4-13,17,22H,3,14-16H2,1-2H3. The van der Waals surface area contributed by atoms with Crippen LogP contribution in [0.4, 0.5) is 0 Å². The Morgan fingerprint density at radius 3 is 2.72 bits per heavy atom. The lowest BCUT2D eigenvalue weighted by Crippen LogP contribution is -2.43. The number of benzene rings is 2. The quantitative estimate of drug-likeness (QED) is 0.464. The smallest absolute Gasteiger partial charge is 0.246 e. The molecule has 0 saturated heterocycles. The molecule has 2 aromatic carbocycles. The van der Waals surface area contributed by atoms with Gasteiger partial charge >= 0.3 is 0 Å². The van der Waals surface area contributed by atoms with Gasteiger partial charge in [0.25, 0.3) is 0 Å². The summed E-state index contributed by atoms with van der Waals surface area (Å²) < 4.78 is 17.5. The summed E-state index contributed by atoms with van der Waals surface area (Å²) in [5.74, 6) is 2.17. The molecule has 0 bridgehead atoms. The highest BCUT2D eigenvalue weighted by Crippen LogP contribution is 2.31. The molecule has 4 rings (SSSR count).